The van der Waals surface area contributed by atoms with Gasteiger partial charge in [-0.2, -0.15) is 11.3 Å². The number of benzene rings is 1. The Morgan fingerprint density at radius 2 is 2.22 bits per heavy atom. The third-order valence-corrected chi connectivity index (χ3v) is 4.21. The Morgan fingerprint density at radius 3 is 2.89 bits per heavy atom. The smallest absolute Gasteiger partial charge is 0.168 e. The Balaban J connectivity index is 1.86. The highest BCUT2D eigenvalue weighted by Gasteiger charge is 2.10. The third kappa shape index (κ3) is 3.43. The predicted molar refractivity (Wildman–Crippen MR) is 77.6 cm³/mol. The second kappa shape index (κ2) is 6.16. The summed E-state index contributed by atoms with van der Waals surface area (Å²) >= 11 is 4.88. The van der Waals surface area contributed by atoms with Gasteiger partial charge < -0.3 is 4.74 Å². The average Bonchev–Trinajstić information content (AvgIpc) is 2.75. The fourth-order valence-corrected chi connectivity index (χ4v) is 3.10. The molecule has 2 nitrogen and oxygen atoms in total. The van der Waals surface area contributed by atoms with Crippen molar-refractivity contribution in [3.05, 3.63) is 50.6 Å². The molecule has 0 aliphatic carbocycles. The maximum atomic E-state index is 11.9. The Kier molecular flexibility index (Phi) is 4.55. The summed E-state index contributed by atoms with van der Waals surface area (Å²) in [5.41, 5.74) is 1.90. The summed E-state index contributed by atoms with van der Waals surface area (Å²) in [7, 11) is 0. The number of hydrogen-bond donors (Lipinski definition) is 0. The van der Waals surface area contributed by atoms with Crippen LogP contribution in [-0.4, -0.2) is 12.4 Å². The molecular formula is C14H13BrO2S. The van der Waals surface area contributed by atoms with E-state index in [1.807, 2.05) is 41.9 Å². The van der Waals surface area contributed by atoms with E-state index in [4.69, 9.17) is 4.74 Å². The van der Waals surface area contributed by atoms with Crippen molar-refractivity contribution in [3.8, 4) is 5.75 Å². The van der Waals surface area contributed by atoms with Crippen molar-refractivity contribution in [2.45, 2.75) is 13.3 Å². The standard InChI is InChI=1S/C14H13BrO2S/c1-10-3-2-4-11(7-10)17-6-5-14(16)12-8-18-9-13(12)15/h2-4,7-9H,5-6H2,1H3. The highest BCUT2D eigenvalue weighted by molar-refractivity contribution is 9.10. The Hall–Kier alpha value is -1.13. The molecule has 0 amide bonds. The van der Waals surface area contributed by atoms with Crippen LogP contribution in [0.2, 0.25) is 0 Å². The van der Waals surface area contributed by atoms with Crippen LogP contribution in [0.4, 0.5) is 0 Å². The van der Waals surface area contributed by atoms with E-state index in [9.17, 15) is 4.79 Å². The minimum Gasteiger partial charge on any atom is -0.493 e. The normalized spacial score (nSPS) is 10.3. The predicted octanol–water partition coefficient (Wildman–Crippen LogP) is 4.47. The molecular weight excluding hydrogens is 312 g/mol. The van der Waals surface area contributed by atoms with E-state index in [2.05, 4.69) is 15.9 Å². The van der Waals surface area contributed by atoms with E-state index in [0.717, 1.165) is 21.3 Å². The van der Waals surface area contributed by atoms with E-state index in [0.29, 0.717) is 13.0 Å². The number of halogens is 1. The SMILES string of the molecule is Cc1cccc(OCCC(=O)c2cscc2Br)c1. The summed E-state index contributed by atoms with van der Waals surface area (Å²) in [5, 5.41) is 3.77. The van der Waals surface area contributed by atoms with Gasteiger partial charge in [0.1, 0.15) is 5.75 Å². The molecule has 0 N–H and O–H groups in total. The second-order valence-corrected chi connectivity index (χ2v) is 5.57. The molecule has 18 heavy (non-hydrogen) atoms. The van der Waals surface area contributed by atoms with Crippen LogP contribution in [0.25, 0.3) is 0 Å². The third-order valence-electron chi connectivity index (χ3n) is 2.50. The molecule has 4 heteroatoms. The van der Waals surface area contributed by atoms with Crippen LogP contribution in [0.1, 0.15) is 22.3 Å². The maximum Gasteiger partial charge on any atom is 0.168 e. The monoisotopic (exact) mass is 324 g/mol. The fourth-order valence-electron chi connectivity index (χ4n) is 1.58. The van der Waals surface area contributed by atoms with Crippen molar-refractivity contribution in [2.75, 3.05) is 6.61 Å². The van der Waals surface area contributed by atoms with Crippen LogP contribution in [0.5, 0.6) is 5.75 Å². The zero-order chi connectivity index (χ0) is 13.0. The molecule has 0 bridgehead atoms. The molecule has 0 radical (unpaired) electrons. The number of ketones is 1. The first kappa shape index (κ1) is 13.3. The van der Waals surface area contributed by atoms with Gasteiger partial charge in [0.2, 0.25) is 0 Å². The molecule has 0 saturated heterocycles. The van der Waals surface area contributed by atoms with E-state index in [-0.39, 0.29) is 5.78 Å². The van der Waals surface area contributed by atoms with Gasteiger partial charge in [-0.25, -0.2) is 0 Å². The van der Waals surface area contributed by atoms with Crippen LogP contribution in [0.15, 0.2) is 39.5 Å². The van der Waals surface area contributed by atoms with E-state index >= 15 is 0 Å². The molecule has 0 spiro atoms. The molecule has 2 aromatic rings. The first-order chi connectivity index (χ1) is 8.66. The summed E-state index contributed by atoms with van der Waals surface area (Å²) in [6.45, 7) is 2.42. The molecule has 1 aromatic heterocycles. The Labute approximate surface area is 119 Å². The highest BCUT2D eigenvalue weighted by Crippen LogP contribution is 2.22. The quantitative estimate of drug-likeness (QED) is 0.758. The van der Waals surface area contributed by atoms with Crippen molar-refractivity contribution in [3.63, 3.8) is 0 Å². The van der Waals surface area contributed by atoms with Gasteiger partial charge >= 0.3 is 0 Å². The van der Waals surface area contributed by atoms with Gasteiger partial charge in [0.25, 0.3) is 0 Å². The van der Waals surface area contributed by atoms with Gasteiger partial charge in [0.15, 0.2) is 5.78 Å². The number of rotatable bonds is 5. The summed E-state index contributed by atoms with van der Waals surface area (Å²) in [5.74, 6) is 0.919. The number of hydrogen-bond acceptors (Lipinski definition) is 3. The molecule has 94 valence electrons. The van der Waals surface area contributed by atoms with Crippen LogP contribution in [0, 0.1) is 6.92 Å². The molecule has 0 unspecified atom stereocenters. The lowest BCUT2D eigenvalue weighted by atomic mass is 10.2. The number of ether oxygens (including phenoxy) is 1. The molecule has 0 fully saturated rings. The summed E-state index contributed by atoms with van der Waals surface area (Å²) in [6.07, 6.45) is 0.392. The number of carbonyl (C=O) groups excluding carboxylic acids is 1. The van der Waals surface area contributed by atoms with Crippen molar-refractivity contribution >= 4 is 33.0 Å². The van der Waals surface area contributed by atoms with Gasteiger partial charge in [0, 0.05) is 27.2 Å². The lowest BCUT2D eigenvalue weighted by Crippen LogP contribution is -2.06. The number of Topliss-reactive ketones (excluding diaryl/α,β-unsaturated/α-hetero) is 1. The molecule has 1 aromatic carbocycles. The summed E-state index contributed by atoms with van der Waals surface area (Å²) in [4.78, 5) is 11.9. The van der Waals surface area contributed by atoms with E-state index in [1.54, 1.807) is 0 Å². The second-order valence-electron chi connectivity index (χ2n) is 3.97. The molecule has 0 atom stereocenters. The average molecular weight is 325 g/mol. The number of carbonyl (C=O) groups is 1. The molecule has 2 rings (SSSR count). The summed E-state index contributed by atoms with van der Waals surface area (Å²) < 4.78 is 6.43. The van der Waals surface area contributed by atoms with Gasteiger partial charge in [-0.3, -0.25) is 4.79 Å². The fraction of sp³-hybridized carbons (Fsp3) is 0.214. The van der Waals surface area contributed by atoms with Crippen LogP contribution in [0.3, 0.4) is 0 Å². The minimum absolute atomic E-state index is 0.107. The molecule has 0 aliphatic rings. The molecule has 1 heterocycles. The largest absolute Gasteiger partial charge is 0.493 e. The number of thiophene rings is 1. The zero-order valence-electron chi connectivity index (χ0n) is 9.98. The Morgan fingerprint density at radius 1 is 1.39 bits per heavy atom. The van der Waals surface area contributed by atoms with E-state index in [1.165, 1.54) is 11.3 Å². The highest BCUT2D eigenvalue weighted by atomic mass is 79.9. The van der Waals surface area contributed by atoms with Crippen molar-refractivity contribution in [1.29, 1.82) is 0 Å². The summed E-state index contributed by atoms with van der Waals surface area (Å²) in [6, 6.07) is 7.82. The lowest BCUT2D eigenvalue weighted by Gasteiger charge is -2.06. The van der Waals surface area contributed by atoms with Crippen LogP contribution >= 0.6 is 27.3 Å². The molecule has 0 aliphatic heterocycles. The van der Waals surface area contributed by atoms with Gasteiger partial charge in [-0.05, 0) is 40.5 Å². The number of aryl methyl sites for hydroxylation is 1. The van der Waals surface area contributed by atoms with Crippen molar-refractivity contribution in [1.82, 2.24) is 0 Å². The van der Waals surface area contributed by atoms with Crippen LogP contribution < -0.4 is 4.74 Å². The Bertz CT molecular complexity index is 548. The van der Waals surface area contributed by atoms with Gasteiger partial charge in [-0.1, -0.05) is 12.1 Å². The first-order valence-corrected chi connectivity index (χ1v) is 7.35. The minimum atomic E-state index is 0.107. The van der Waals surface area contributed by atoms with Gasteiger partial charge in [0.05, 0.1) is 6.61 Å². The molecule has 0 saturated carbocycles. The van der Waals surface area contributed by atoms with Crippen molar-refractivity contribution in [2.24, 2.45) is 0 Å². The van der Waals surface area contributed by atoms with Gasteiger partial charge in [-0.15, -0.1) is 0 Å². The van der Waals surface area contributed by atoms with E-state index < -0.39 is 0 Å². The maximum absolute atomic E-state index is 11.9. The lowest BCUT2D eigenvalue weighted by molar-refractivity contribution is 0.0962. The van der Waals surface area contributed by atoms with Crippen LogP contribution in [-0.2, 0) is 0 Å². The topological polar surface area (TPSA) is 26.3 Å². The van der Waals surface area contributed by atoms with Crippen molar-refractivity contribution < 1.29 is 9.53 Å². The first-order valence-electron chi connectivity index (χ1n) is 5.61. The zero-order valence-corrected chi connectivity index (χ0v) is 12.4.